The molecule has 0 bridgehead atoms. The average Bonchev–Trinajstić information content (AvgIpc) is 2.41. The van der Waals surface area contributed by atoms with Crippen molar-refractivity contribution in [2.24, 2.45) is 0 Å². The third-order valence-corrected chi connectivity index (χ3v) is 4.00. The number of rotatable bonds is 6. The Balaban J connectivity index is 2.77. The van der Waals surface area contributed by atoms with Gasteiger partial charge in [0.2, 0.25) is 0 Å². The normalized spacial score (nSPS) is 13.4. The Morgan fingerprint density at radius 3 is 2.36 bits per heavy atom. The fourth-order valence-electron chi connectivity index (χ4n) is 1.73. The molecule has 0 aliphatic carbocycles. The Bertz CT molecular complexity index is 711. The maximum absolute atomic E-state index is 11.7. The zero-order chi connectivity index (χ0) is 19.4. The van der Waals surface area contributed by atoms with E-state index in [0.717, 1.165) is 6.26 Å². The van der Waals surface area contributed by atoms with E-state index in [1.54, 1.807) is 20.8 Å². The van der Waals surface area contributed by atoms with Gasteiger partial charge in [-0.05, 0) is 39.0 Å². The van der Waals surface area contributed by atoms with Crippen molar-refractivity contribution in [3.8, 4) is 5.75 Å². The molecule has 1 aromatic rings. The molecule has 0 aliphatic heterocycles. The molecule has 0 radical (unpaired) electrons. The number of carbonyl (C=O) groups excluding carboxylic acids is 1. The number of nitrogens with one attached hydrogen (secondary N) is 1. The van der Waals surface area contributed by atoms with Gasteiger partial charge in [-0.2, -0.15) is 0 Å². The Kier molecular flexibility index (Phi) is 6.63. The van der Waals surface area contributed by atoms with Gasteiger partial charge >= 0.3 is 6.09 Å². The van der Waals surface area contributed by atoms with Crippen LogP contribution in [0.4, 0.5) is 10.5 Å². The van der Waals surface area contributed by atoms with Gasteiger partial charge in [-0.15, -0.1) is 0 Å². The molecule has 5 N–H and O–H groups in total. The maximum atomic E-state index is 11.7. The predicted molar refractivity (Wildman–Crippen MR) is 90.8 cm³/mol. The van der Waals surface area contributed by atoms with Gasteiger partial charge in [0, 0.05) is 6.26 Å². The van der Waals surface area contributed by atoms with E-state index in [1.165, 1.54) is 18.2 Å². The number of anilines is 1. The third kappa shape index (κ3) is 7.16. The monoisotopic (exact) mass is 376 g/mol. The first-order chi connectivity index (χ1) is 11.3. The molecule has 1 aromatic carbocycles. The number of hydrogen-bond acceptors (Lipinski definition) is 8. The first-order valence-electron chi connectivity index (χ1n) is 7.37. The summed E-state index contributed by atoms with van der Waals surface area (Å²) in [6.07, 6.45) is -1.69. The molecule has 10 heteroatoms. The topological polar surface area (TPSA) is 148 Å². The number of aliphatic hydroxyl groups excluding tert-OH is 1. The highest BCUT2D eigenvalue weighted by atomic mass is 32.2. The Labute approximate surface area is 146 Å². The molecule has 1 rings (SSSR count). The molecule has 9 nitrogen and oxygen atoms in total. The van der Waals surface area contributed by atoms with Crippen molar-refractivity contribution >= 4 is 21.6 Å². The first kappa shape index (κ1) is 21.0. The van der Waals surface area contributed by atoms with Crippen molar-refractivity contribution in [3.05, 3.63) is 18.2 Å². The number of alkyl carbamates (subject to hydrolysis) is 1. The third-order valence-electron chi connectivity index (χ3n) is 2.89. The molecule has 25 heavy (non-hydrogen) atoms. The molecule has 0 aliphatic rings. The van der Waals surface area contributed by atoms with Crippen LogP contribution in [0.3, 0.4) is 0 Å². The SMILES string of the molecule is CC(C)(C)OC(=O)N[C@@H](COc1ccc(S(C)(=O)=O)cc1N)C(O)O. The Morgan fingerprint density at radius 1 is 1.32 bits per heavy atom. The lowest BCUT2D eigenvalue weighted by molar-refractivity contribution is -0.0764. The summed E-state index contributed by atoms with van der Waals surface area (Å²) in [6.45, 7) is 4.67. The van der Waals surface area contributed by atoms with Crippen molar-refractivity contribution in [2.45, 2.75) is 43.6 Å². The van der Waals surface area contributed by atoms with Crippen molar-refractivity contribution < 1.29 is 32.9 Å². The van der Waals surface area contributed by atoms with Crippen LogP contribution < -0.4 is 15.8 Å². The number of aliphatic hydroxyl groups is 2. The molecule has 0 aromatic heterocycles. The highest BCUT2D eigenvalue weighted by molar-refractivity contribution is 7.90. The summed E-state index contributed by atoms with van der Waals surface area (Å²) in [5, 5.41) is 21.0. The summed E-state index contributed by atoms with van der Waals surface area (Å²) in [4.78, 5) is 11.7. The highest BCUT2D eigenvalue weighted by Crippen LogP contribution is 2.25. The standard InChI is InChI=1S/C15H24N2O7S/c1-15(2,3)24-14(20)17-11(13(18)19)8-23-12-6-5-9(7-10(12)16)25(4,21)22/h5-7,11,13,18-19H,8,16H2,1-4H3,(H,17,20)/t11-/m0/s1. The van der Waals surface area contributed by atoms with Crippen molar-refractivity contribution in [1.29, 1.82) is 0 Å². The summed E-state index contributed by atoms with van der Waals surface area (Å²) in [5.41, 5.74) is 5.05. The number of benzene rings is 1. The lowest BCUT2D eigenvalue weighted by atomic mass is 10.2. The van der Waals surface area contributed by atoms with Crippen LogP contribution in [0.5, 0.6) is 5.75 Å². The van der Waals surface area contributed by atoms with Crippen LogP contribution in [-0.4, -0.2) is 55.5 Å². The summed E-state index contributed by atoms with van der Waals surface area (Å²) in [7, 11) is -3.41. The number of hydrogen-bond donors (Lipinski definition) is 4. The summed E-state index contributed by atoms with van der Waals surface area (Å²) in [6, 6.07) is 2.71. The van der Waals surface area contributed by atoms with E-state index in [-0.39, 0.29) is 22.9 Å². The fraction of sp³-hybridized carbons (Fsp3) is 0.533. The van der Waals surface area contributed by atoms with Crippen molar-refractivity contribution in [1.82, 2.24) is 5.32 Å². The van der Waals surface area contributed by atoms with Gasteiger partial charge in [0.15, 0.2) is 16.1 Å². The molecule has 0 spiro atoms. The molecule has 1 atom stereocenters. The zero-order valence-electron chi connectivity index (χ0n) is 14.5. The van der Waals surface area contributed by atoms with E-state index < -0.39 is 33.9 Å². The lowest BCUT2D eigenvalue weighted by Crippen LogP contribution is -2.48. The number of carbonyl (C=O) groups is 1. The van der Waals surface area contributed by atoms with Crippen LogP contribution >= 0.6 is 0 Å². The van der Waals surface area contributed by atoms with Gasteiger partial charge in [0.05, 0.1) is 10.6 Å². The van der Waals surface area contributed by atoms with Crippen molar-refractivity contribution in [3.63, 3.8) is 0 Å². The van der Waals surface area contributed by atoms with Crippen LogP contribution in [0.1, 0.15) is 20.8 Å². The maximum Gasteiger partial charge on any atom is 0.408 e. The summed E-state index contributed by atoms with van der Waals surface area (Å²) < 4.78 is 33.3. The molecular formula is C15H24N2O7S. The minimum absolute atomic E-state index is 0.0305. The van der Waals surface area contributed by atoms with E-state index in [9.17, 15) is 23.4 Å². The minimum Gasteiger partial charge on any atom is -0.489 e. The second-order valence-electron chi connectivity index (χ2n) is 6.45. The molecule has 0 saturated carbocycles. The summed E-state index contributed by atoms with van der Waals surface area (Å²) in [5.74, 6) is 0.143. The van der Waals surface area contributed by atoms with Gasteiger partial charge in [-0.25, -0.2) is 13.2 Å². The fourth-order valence-corrected chi connectivity index (χ4v) is 2.39. The Morgan fingerprint density at radius 2 is 1.92 bits per heavy atom. The van der Waals surface area contributed by atoms with E-state index in [1.807, 2.05) is 0 Å². The first-order valence-corrected chi connectivity index (χ1v) is 9.27. The minimum atomic E-state index is -3.41. The van der Waals surface area contributed by atoms with Crippen LogP contribution in [-0.2, 0) is 14.6 Å². The average molecular weight is 376 g/mol. The molecule has 0 unspecified atom stereocenters. The smallest absolute Gasteiger partial charge is 0.408 e. The lowest BCUT2D eigenvalue weighted by Gasteiger charge is -2.24. The predicted octanol–water partition coefficient (Wildman–Crippen LogP) is 0.255. The van der Waals surface area contributed by atoms with Crippen LogP contribution in [0.2, 0.25) is 0 Å². The highest BCUT2D eigenvalue weighted by Gasteiger charge is 2.24. The second kappa shape index (κ2) is 7.89. The molecule has 0 heterocycles. The van der Waals surface area contributed by atoms with E-state index >= 15 is 0 Å². The largest absolute Gasteiger partial charge is 0.489 e. The van der Waals surface area contributed by atoms with Gasteiger partial charge in [-0.3, -0.25) is 0 Å². The van der Waals surface area contributed by atoms with Gasteiger partial charge in [0.1, 0.15) is 24.0 Å². The van der Waals surface area contributed by atoms with E-state index in [4.69, 9.17) is 15.2 Å². The molecule has 1 amide bonds. The van der Waals surface area contributed by atoms with Crippen LogP contribution in [0.25, 0.3) is 0 Å². The molecule has 142 valence electrons. The van der Waals surface area contributed by atoms with Crippen molar-refractivity contribution in [2.75, 3.05) is 18.6 Å². The number of nitrogen functional groups attached to an aromatic ring is 1. The summed E-state index contributed by atoms with van der Waals surface area (Å²) >= 11 is 0. The molecule has 0 saturated heterocycles. The number of amides is 1. The quantitative estimate of drug-likeness (QED) is 0.408. The second-order valence-corrected chi connectivity index (χ2v) is 8.46. The molecule has 0 fully saturated rings. The number of ether oxygens (including phenoxy) is 2. The molecular weight excluding hydrogens is 352 g/mol. The zero-order valence-corrected chi connectivity index (χ0v) is 15.3. The van der Waals surface area contributed by atoms with Crippen LogP contribution in [0.15, 0.2) is 23.1 Å². The van der Waals surface area contributed by atoms with Gasteiger partial charge in [-0.1, -0.05) is 0 Å². The van der Waals surface area contributed by atoms with Crippen LogP contribution in [0, 0.1) is 0 Å². The van der Waals surface area contributed by atoms with E-state index in [2.05, 4.69) is 5.32 Å². The number of nitrogens with two attached hydrogens (primary N) is 1. The van der Waals surface area contributed by atoms with Gasteiger partial charge in [0.25, 0.3) is 0 Å². The Hall–Kier alpha value is -2.04. The number of sulfone groups is 1. The van der Waals surface area contributed by atoms with E-state index in [0.29, 0.717) is 0 Å². The van der Waals surface area contributed by atoms with Gasteiger partial charge < -0.3 is 30.7 Å².